The zero-order valence-corrected chi connectivity index (χ0v) is 8.13. The van der Waals surface area contributed by atoms with E-state index in [1.54, 1.807) is 12.4 Å². The highest BCUT2D eigenvalue weighted by atomic mass is 16.2. The summed E-state index contributed by atoms with van der Waals surface area (Å²) in [6, 6.07) is 9.32. The Kier molecular flexibility index (Phi) is 2.49. The maximum atomic E-state index is 11.0. The summed E-state index contributed by atoms with van der Waals surface area (Å²) in [5.74, 6) is 0.661. The average Bonchev–Trinajstić information content (AvgIpc) is 2.67. The van der Waals surface area contributed by atoms with Crippen LogP contribution in [-0.2, 0) is 6.42 Å². The van der Waals surface area contributed by atoms with Gasteiger partial charge in [-0.1, -0.05) is 30.3 Å². The van der Waals surface area contributed by atoms with Gasteiger partial charge in [-0.05, 0) is 5.56 Å². The van der Waals surface area contributed by atoms with E-state index in [0.717, 1.165) is 5.56 Å². The third-order valence-electron chi connectivity index (χ3n) is 2.16. The minimum atomic E-state index is -0.501. The third kappa shape index (κ3) is 2.04. The lowest BCUT2D eigenvalue weighted by molar-refractivity contribution is 0.249. The van der Waals surface area contributed by atoms with Gasteiger partial charge in [-0.25, -0.2) is 9.78 Å². The van der Waals surface area contributed by atoms with Crippen molar-refractivity contribution in [1.29, 1.82) is 0 Å². The van der Waals surface area contributed by atoms with E-state index >= 15 is 0 Å². The first-order chi connectivity index (χ1) is 7.27. The number of primary amides is 1. The molecule has 0 saturated carbocycles. The molecular formula is C11H11N3O. The van der Waals surface area contributed by atoms with Crippen molar-refractivity contribution in [3.63, 3.8) is 0 Å². The zero-order valence-electron chi connectivity index (χ0n) is 8.13. The van der Waals surface area contributed by atoms with Crippen molar-refractivity contribution in [3.8, 4) is 0 Å². The fourth-order valence-electron chi connectivity index (χ4n) is 1.44. The molecule has 2 rings (SSSR count). The first-order valence-corrected chi connectivity index (χ1v) is 4.63. The maximum absolute atomic E-state index is 11.0. The second-order valence-electron chi connectivity index (χ2n) is 3.21. The van der Waals surface area contributed by atoms with Crippen molar-refractivity contribution in [2.24, 2.45) is 5.73 Å². The van der Waals surface area contributed by atoms with Gasteiger partial charge in [-0.15, -0.1) is 0 Å². The summed E-state index contributed by atoms with van der Waals surface area (Å²) in [7, 11) is 0. The van der Waals surface area contributed by atoms with Gasteiger partial charge in [0.1, 0.15) is 5.82 Å². The van der Waals surface area contributed by atoms with Crippen molar-refractivity contribution >= 4 is 6.03 Å². The van der Waals surface area contributed by atoms with E-state index in [1.807, 2.05) is 30.3 Å². The lowest BCUT2D eigenvalue weighted by Crippen LogP contribution is -2.21. The molecule has 0 aliphatic carbocycles. The predicted molar refractivity (Wildman–Crippen MR) is 56.5 cm³/mol. The molecule has 0 saturated heterocycles. The molecule has 0 aliphatic rings. The van der Waals surface area contributed by atoms with E-state index in [-0.39, 0.29) is 0 Å². The number of hydrogen-bond donors (Lipinski definition) is 1. The second-order valence-corrected chi connectivity index (χ2v) is 3.21. The van der Waals surface area contributed by atoms with Crippen LogP contribution in [0.1, 0.15) is 11.4 Å². The van der Waals surface area contributed by atoms with Crippen LogP contribution in [0.25, 0.3) is 0 Å². The Morgan fingerprint density at radius 1 is 1.33 bits per heavy atom. The first kappa shape index (κ1) is 9.45. The number of hydrogen-bond acceptors (Lipinski definition) is 2. The van der Waals surface area contributed by atoms with Crippen molar-refractivity contribution in [3.05, 3.63) is 54.1 Å². The molecular weight excluding hydrogens is 190 g/mol. The van der Waals surface area contributed by atoms with E-state index in [4.69, 9.17) is 5.73 Å². The molecule has 2 aromatic rings. The minimum absolute atomic E-state index is 0.501. The average molecular weight is 201 g/mol. The van der Waals surface area contributed by atoms with E-state index in [1.165, 1.54) is 4.57 Å². The van der Waals surface area contributed by atoms with Crippen molar-refractivity contribution < 1.29 is 4.79 Å². The Morgan fingerprint density at radius 2 is 2.07 bits per heavy atom. The molecule has 15 heavy (non-hydrogen) atoms. The number of carbonyl (C=O) groups excluding carboxylic acids is 1. The van der Waals surface area contributed by atoms with E-state index in [0.29, 0.717) is 12.2 Å². The lowest BCUT2D eigenvalue weighted by Gasteiger charge is -2.02. The van der Waals surface area contributed by atoms with Crippen LogP contribution < -0.4 is 5.73 Å². The van der Waals surface area contributed by atoms with Crippen molar-refractivity contribution in [2.45, 2.75) is 6.42 Å². The number of nitrogens with two attached hydrogens (primary N) is 1. The molecule has 1 amide bonds. The van der Waals surface area contributed by atoms with Crippen LogP contribution in [-0.4, -0.2) is 15.6 Å². The van der Waals surface area contributed by atoms with Crippen LogP contribution in [0.15, 0.2) is 42.7 Å². The Bertz CT molecular complexity index is 462. The first-order valence-electron chi connectivity index (χ1n) is 4.63. The highest BCUT2D eigenvalue weighted by Crippen LogP contribution is 2.06. The van der Waals surface area contributed by atoms with Gasteiger partial charge >= 0.3 is 6.03 Å². The summed E-state index contributed by atoms with van der Waals surface area (Å²) in [4.78, 5) is 15.1. The zero-order chi connectivity index (χ0) is 10.7. The number of amides is 1. The quantitative estimate of drug-likeness (QED) is 0.798. The molecule has 0 spiro atoms. The summed E-state index contributed by atoms with van der Waals surface area (Å²) in [5.41, 5.74) is 6.30. The molecule has 0 unspecified atom stereocenters. The molecule has 2 N–H and O–H groups in total. The summed E-state index contributed by atoms with van der Waals surface area (Å²) in [6.45, 7) is 0. The largest absolute Gasteiger partial charge is 0.351 e. The SMILES string of the molecule is NC(=O)n1ccnc1Cc1ccccc1. The number of carbonyl (C=O) groups is 1. The van der Waals surface area contributed by atoms with Gasteiger partial charge in [0.2, 0.25) is 0 Å². The van der Waals surface area contributed by atoms with Gasteiger partial charge < -0.3 is 5.73 Å². The molecule has 4 heteroatoms. The number of aromatic nitrogens is 2. The number of imidazole rings is 1. The van der Waals surface area contributed by atoms with Crippen LogP contribution in [0.2, 0.25) is 0 Å². The summed E-state index contributed by atoms with van der Waals surface area (Å²) in [5, 5.41) is 0. The Balaban J connectivity index is 2.25. The van der Waals surface area contributed by atoms with Crippen LogP contribution >= 0.6 is 0 Å². The molecule has 4 nitrogen and oxygen atoms in total. The molecule has 0 atom stereocenters. The molecule has 0 fully saturated rings. The number of benzene rings is 1. The van der Waals surface area contributed by atoms with Gasteiger partial charge in [-0.3, -0.25) is 4.57 Å². The van der Waals surface area contributed by atoms with E-state index in [2.05, 4.69) is 4.98 Å². The van der Waals surface area contributed by atoms with Crippen LogP contribution in [0.4, 0.5) is 4.79 Å². The highest BCUT2D eigenvalue weighted by Gasteiger charge is 2.06. The Labute approximate surface area is 87.4 Å². The molecule has 0 bridgehead atoms. The van der Waals surface area contributed by atoms with Gasteiger partial charge in [-0.2, -0.15) is 0 Å². The summed E-state index contributed by atoms with van der Waals surface area (Å²) < 4.78 is 1.35. The predicted octanol–water partition coefficient (Wildman–Crippen LogP) is 1.40. The minimum Gasteiger partial charge on any atom is -0.351 e. The fraction of sp³-hybridized carbons (Fsp3) is 0.0909. The molecule has 1 aromatic carbocycles. The normalized spacial score (nSPS) is 10.1. The van der Waals surface area contributed by atoms with Gasteiger partial charge in [0.15, 0.2) is 0 Å². The van der Waals surface area contributed by atoms with Crippen LogP contribution in [0, 0.1) is 0 Å². The Hall–Kier alpha value is -2.10. The molecule has 0 radical (unpaired) electrons. The molecule has 1 aromatic heterocycles. The van der Waals surface area contributed by atoms with Gasteiger partial charge in [0.25, 0.3) is 0 Å². The van der Waals surface area contributed by atoms with Gasteiger partial charge in [0, 0.05) is 18.8 Å². The number of rotatable bonds is 2. The lowest BCUT2D eigenvalue weighted by atomic mass is 10.1. The van der Waals surface area contributed by atoms with E-state index in [9.17, 15) is 4.79 Å². The highest BCUT2D eigenvalue weighted by molar-refractivity contribution is 5.75. The topological polar surface area (TPSA) is 60.9 Å². The maximum Gasteiger partial charge on any atom is 0.324 e. The van der Waals surface area contributed by atoms with Crippen LogP contribution in [0.3, 0.4) is 0 Å². The van der Waals surface area contributed by atoms with E-state index < -0.39 is 6.03 Å². The monoisotopic (exact) mass is 201 g/mol. The standard InChI is InChI=1S/C11H11N3O/c12-11(15)14-7-6-13-10(14)8-9-4-2-1-3-5-9/h1-7H,8H2,(H2,12,15). The number of nitrogens with zero attached hydrogens (tertiary/aromatic N) is 2. The Morgan fingerprint density at radius 3 is 2.73 bits per heavy atom. The smallest absolute Gasteiger partial charge is 0.324 e. The third-order valence-corrected chi connectivity index (χ3v) is 2.16. The second kappa shape index (κ2) is 3.96. The summed E-state index contributed by atoms with van der Waals surface area (Å²) >= 11 is 0. The molecule has 0 aliphatic heterocycles. The fourth-order valence-corrected chi connectivity index (χ4v) is 1.44. The van der Waals surface area contributed by atoms with Gasteiger partial charge in [0.05, 0.1) is 0 Å². The van der Waals surface area contributed by atoms with Crippen molar-refractivity contribution in [2.75, 3.05) is 0 Å². The summed E-state index contributed by atoms with van der Waals surface area (Å²) in [6.07, 6.45) is 3.75. The van der Waals surface area contributed by atoms with Crippen LogP contribution in [0.5, 0.6) is 0 Å². The molecule has 76 valence electrons. The van der Waals surface area contributed by atoms with Crippen molar-refractivity contribution in [1.82, 2.24) is 9.55 Å². The molecule has 1 heterocycles.